The molecule has 0 radical (unpaired) electrons. The van der Waals surface area contributed by atoms with Gasteiger partial charge in [0.2, 0.25) is 0 Å². The third kappa shape index (κ3) is 4.36. The summed E-state index contributed by atoms with van der Waals surface area (Å²) in [5.41, 5.74) is 2.87. The second kappa shape index (κ2) is 7.72. The third-order valence-electron chi connectivity index (χ3n) is 3.14. The molecular formula is C19H18N2. The Morgan fingerprint density at radius 3 is 2.48 bits per heavy atom. The fourth-order valence-electron chi connectivity index (χ4n) is 2.09. The molecule has 0 spiro atoms. The van der Waals surface area contributed by atoms with Crippen LogP contribution < -0.4 is 0 Å². The van der Waals surface area contributed by atoms with Crippen molar-refractivity contribution < 1.29 is 0 Å². The molecule has 0 amide bonds. The monoisotopic (exact) mass is 274 g/mol. The fourth-order valence-corrected chi connectivity index (χ4v) is 2.09. The Morgan fingerprint density at radius 2 is 1.76 bits per heavy atom. The van der Waals surface area contributed by atoms with Crippen molar-refractivity contribution in [2.45, 2.75) is 6.54 Å². The number of nitrogens with zero attached hydrogens (tertiary/aromatic N) is 2. The Balaban J connectivity index is 2.14. The van der Waals surface area contributed by atoms with E-state index in [0.717, 1.165) is 18.7 Å². The fraction of sp³-hybridized carbons (Fsp3) is 0.105. The molecule has 2 rings (SSSR count). The van der Waals surface area contributed by atoms with E-state index in [9.17, 15) is 0 Å². The number of nitriles is 1. The second-order valence-electron chi connectivity index (χ2n) is 4.72. The van der Waals surface area contributed by atoms with Gasteiger partial charge in [-0.2, -0.15) is 5.26 Å². The summed E-state index contributed by atoms with van der Waals surface area (Å²) in [6.07, 6.45) is 5.87. The van der Waals surface area contributed by atoms with E-state index in [1.54, 1.807) is 0 Å². The molecule has 104 valence electrons. The normalized spacial score (nSPS) is 10.2. The number of rotatable bonds is 6. The van der Waals surface area contributed by atoms with Crippen molar-refractivity contribution in [3.05, 3.63) is 90.1 Å². The smallest absolute Gasteiger partial charge is 0.0997 e. The van der Waals surface area contributed by atoms with Crippen LogP contribution in [0.15, 0.2) is 73.5 Å². The second-order valence-corrected chi connectivity index (χ2v) is 4.72. The first-order valence-corrected chi connectivity index (χ1v) is 6.89. The van der Waals surface area contributed by atoms with Crippen LogP contribution in [-0.2, 0) is 6.54 Å². The van der Waals surface area contributed by atoms with Crippen LogP contribution >= 0.6 is 0 Å². The first-order valence-electron chi connectivity index (χ1n) is 6.89. The highest BCUT2D eigenvalue weighted by Crippen LogP contribution is 2.11. The molecule has 0 aliphatic rings. The van der Waals surface area contributed by atoms with Gasteiger partial charge in [-0.05, 0) is 23.3 Å². The highest BCUT2D eigenvalue weighted by atomic mass is 15.1. The molecule has 0 saturated heterocycles. The summed E-state index contributed by atoms with van der Waals surface area (Å²) in [6, 6.07) is 20.1. The van der Waals surface area contributed by atoms with Crippen LogP contribution in [0.25, 0.3) is 6.08 Å². The van der Waals surface area contributed by atoms with Crippen LogP contribution in [0, 0.1) is 11.3 Å². The molecular weight excluding hydrogens is 256 g/mol. The lowest BCUT2D eigenvalue weighted by Crippen LogP contribution is -2.16. The summed E-state index contributed by atoms with van der Waals surface area (Å²) in [5.74, 6) is 0. The minimum absolute atomic E-state index is 0.687. The molecule has 0 atom stereocenters. The third-order valence-corrected chi connectivity index (χ3v) is 3.14. The number of hydrogen-bond donors (Lipinski definition) is 0. The number of hydrogen-bond acceptors (Lipinski definition) is 2. The quantitative estimate of drug-likeness (QED) is 0.737. The Hall–Kier alpha value is -2.79. The van der Waals surface area contributed by atoms with E-state index in [1.807, 2.05) is 60.8 Å². The van der Waals surface area contributed by atoms with Crippen LogP contribution in [-0.4, -0.2) is 11.4 Å². The molecule has 0 fully saturated rings. The molecule has 0 N–H and O–H groups in total. The maximum absolute atomic E-state index is 9.11. The summed E-state index contributed by atoms with van der Waals surface area (Å²) < 4.78 is 0. The maximum Gasteiger partial charge on any atom is 0.0997 e. The van der Waals surface area contributed by atoms with Crippen molar-refractivity contribution in [2.75, 3.05) is 6.54 Å². The molecule has 2 aromatic carbocycles. The van der Waals surface area contributed by atoms with E-state index in [4.69, 9.17) is 5.26 Å². The van der Waals surface area contributed by atoms with Crippen molar-refractivity contribution in [3.8, 4) is 6.07 Å². The molecule has 21 heavy (non-hydrogen) atoms. The van der Waals surface area contributed by atoms with Crippen LogP contribution in [0.1, 0.15) is 16.7 Å². The largest absolute Gasteiger partial charge is 0.369 e. The molecule has 2 heteroatoms. The lowest BCUT2D eigenvalue weighted by atomic mass is 10.1. The molecule has 0 saturated carbocycles. The van der Waals surface area contributed by atoms with Crippen molar-refractivity contribution in [1.82, 2.24) is 4.90 Å². The molecule has 0 heterocycles. The lowest BCUT2D eigenvalue weighted by Gasteiger charge is -2.18. The predicted molar refractivity (Wildman–Crippen MR) is 87.2 cm³/mol. The average Bonchev–Trinajstić information content (AvgIpc) is 2.54. The standard InChI is InChI=1S/C19H18N2/c1-2-13-21(16-17-8-4-3-5-9-17)14-12-18-10-6-7-11-19(18)15-20/h2-12,14H,1,13,16H2/b14-12+. The zero-order valence-corrected chi connectivity index (χ0v) is 11.9. The molecule has 0 aromatic heterocycles. The summed E-state index contributed by atoms with van der Waals surface area (Å²) in [6.45, 7) is 5.38. The molecule has 0 aliphatic heterocycles. The highest BCUT2D eigenvalue weighted by molar-refractivity contribution is 5.57. The number of benzene rings is 2. The lowest BCUT2D eigenvalue weighted by molar-refractivity contribution is 0.412. The van der Waals surface area contributed by atoms with E-state index < -0.39 is 0 Å². The van der Waals surface area contributed by atoms with Crippen LogP contribution in [0.2, 0.25) is 0 Å². The van der Waals surface area contributed by atoms with Gasteiger partial charge in [-0.15, -0.1) is 6.58 Å². The zero-order chi connectivity index (χ0) is 14.9. The van der Waals surface area contributed by atoms with Crippen molar-refractivity contribution in [2.24, 2.45) is 0 Å². The predicted octanol–water partition coefficient (Wildman–Crippen LogP) is 4.22. The van der Waals surface area contributed by atoms with Gasteiger partial charge < -0.3 is 4.90 Å². The minimum atomic E-state index is 0.687. The van der Waals surface area contributed by atoms with Gasteiger partial charge in [-0.1, -0.05) is 54.6 Å². The topological polar surface area (TPSA) is 27.0 Å². The summed E-state index contributed by atoms with van der Waals surface area (Å²) in [7, 11) is 0. The van der Waals surface area contributed by atoms with Gasteiger partial charge in [-0.25, -0.2) is 0 Å². The average molecular weight is 274 g/mol. The van der Waals surface area contributed by atoms with Crippen LogP contribution in [0.3, 0.4) is 0 Å². The van der Waals surface area contributed by atoms with Gasteiger partial charge in [0, 0.05) is 19.3 Å². The van der Waals surface area contributed by atoms with Gasteiger partial charge in [0.1, 0.15) is 0 Å². The van der Waals surface area contributed by atoms with Crippen LogP contribution in [0.5, 0.6) is 0 Å². The first kappa shape index (κ1) is 14.6. The Morgan fingerprint density at radius 1 is 1.05 bits per heavy atom. The Kier molecular flexibility index (Phi) is 5.37. The summed E-state index contributed by atoms with van der Waals surface area (Å²) in [4.78, 5) is 2.16. The zero-order valence-electron chi connectivity index (χ0n) is 11.9. The molecule has 0 aliphatic carbocycles. The van der Waals surface area contributed by atoms with Gasteiger partial charge in [-0.3, -0.25) is 0 Å². The van der Waals surface area contributed by atoms with Crippen LogP contribution in [0.4, 0.5) is 0 Å². The van der Waals surface area contributed by atoms with E-state index in [1.165, 1.54) is 5.56 Å². The molecule has 2 aromatic rings. The van der Waals surface area contributed by atoms with Gasteiger partial charge in [0.05, 0.1) is 11.6 Å². The van der Waals surface area contributed by atoms with Gasteiger partial charge in [0.25, 0.3) is 0 Å². The van der Waals surface area contributed by atoms with E-state index in [0.29, 0.717) is 5.56 Å². The van der Waals surface area contributed by atoms with Crippen molar-refractivity contribution >= 4 is 6.08 Å². The van der Waals surface area contributed by atoms with Gasteiger partial charge >= 0.3 is 0 Å². The SMILES string of the molecule is C=CCN(/C=C/c1ccccc1C#N)Cc1ccccc1. The van der Waals surface area contributed by atoms with E-state index >= 15 is 0 Å². The molecule has 2 nitrogen and oxygen atoms in total. The molecule has 0 unspecified atom stereocenters. The first-order chi connectivity index (χ1) is 10.3. The summed E-state index contributed by atoms with van der Waals surface area (Å²) >= 11 is 0. The Bertz CT molecular complexity index is 651. The maximum atomic E-state index is 9.11. The molecule has 0 bridgehead atoms. The van der Waals surface area contributed by atoms with Crippen molar-refractivity contribution in [3.63, 3.8) is 0 Å². The van der Waals surface area contributed by atoms with Gasteiger partial charge in [0.15, 0.2) is 0 Å². The minimum Gasteiger partial charge on any atom is -0.369 e. The van der Waals surface area contributed by atoms with Crippen molar-refractivity contribution in [1.29, 1.82) is 5.26 Å². The highest BCUT2D eigenvalue weighted by Gasteiger charge is 2.00. The van der Waals surface area contributed by atoms with E-state index in [-0.39, 0.29) is 0 Å². The van der Waals surface area contributed by atoms with E-state index in [2.05, 4.69) is 29.7 Å². The summed E-state index contributed by atoms with van der Waals surface area (Å²) in [5, 5.41) is 9.11. The Labute approximate surface area is 126 Å².